The molecular formula is C25H27BrFNO3. The molecule has 4 nitrogen and oxygen atoms in total. The van der Waals surface area contributed by atoms with Crippen LogP contribution in [0.2, 0.25) is 0 Å². The smallest absolute Gasteiger partial charge is 0.175 e. The number of hydrogen-bond acceptors (Lipinski definition) is 4. The van der Waals surface area contributed by atoms with Crippen LogP contribution in [0.4, 0.5) is 4.39 Å². The predicted octanol–water partition coefficient (Wildman–Crippen LogP) is 5.91. The van der Waals surface area contributed by atoms with Crippen molar-refractivity contribution in [2.24, 2.45) is 0 Å². The van der Waals surface area contributed by atoms with Gasteiger partial charge in [0.1, 0.15) is 18.2 Å². The Morgan fingerprint density at radius 3 is 2.42 bits per heavy atom. The molecular weight excluding hydrogens is 461 g/mol. The maximum absolute atomic E-state index is 13.9. The van der Waals surface area contributed by atoms with Crippen LogP contribution in [-0.4, -0.2) is 20.3 Å². The second kappa shape index (κ2) is 11.7. The largest absolute Gasteiger partial charge is 0.496 e. The summed E-state index contributed by atoms with van der Waals surface area (Å²) in [5, 5.41) is 3.46. The van der Waals surface area contributed by atoms with Crippen LogP contribution in [0.3, 0.4) is 0 Å². The summed E-state index contributed by atoms with van der Waals surface area (Å²) in [7, 11) is 1.69. The third-order valence-corrected chi connectivity index (χ3v) is 5.38. The van der Waals surface area contributed by atoms with Gasteiger partial charge in [-0.3, -0.25) is 0 Å². The molecule has 0 radical (unpaired) electrons. The average molecular weight is 488 g/mol. The van der Waals surface area contributed by atoms with Crippen LogP contribution in [0.1, 0.15) is 23.6 Å². The molecule has 0 fully saturated rings. The molecule has 0 amide bonds. The van der Waals surface area contributed by atoms with E-state index in [4.69, 9.17) is 14.2 Å². The van der Waals surface area contributed by atoms with Gasteiger partial charge in [-0.2, -0.15) is 0 Å². The van der Waals surface area contributed by atoms with E-state index in [9.17, 15) is 4.39 Å². The zero-order valence-corrected chi connectivity index (χ0v) is 19.4. The minimum absolute atomic E-state index is 0.127. The van der Waals surface area contributed by atoms with Gasteiger partial charge in [0.15, 0.2) is 11.5 Å². The summed E-state index contributed by atoms with van der Waals surface area (Å²) in [5.41, 5.74) is 2.73. The van der Waals surface area contributed by atoms with Crippen LogP contribution < -0.4 is 19.5 Å². The van der Waals surface area contributed by atoms with E-state index in [2.05, 4.69) is 27.3 Å². The van der Waals surface area contributed by atoms with E-state index in [-0.39, 0.29) is 12.4 Å². The van der Waals surface area contributed by atoms with Crippen LogP contribution in [0.25, 0.3) is 0 Å². The van der Waals surface area contributed by atoms with Gasteiger partial charge in [0.25, 0.3) is 0 Å². The molecule has 1 N–H and O–H groups in total. The van der Waals surface area contributed by atoms with Crippen molar-refractivity contribution >= 4 is 15.9 Å². The summed E-state index contributed by atoms with van der Waals surface area (Å²) in [4.78, 5) is 0. The maximum atomic E-state index is 13.9. The van der Waals surface area contributed by atoms with E-state index in [1.54, 1.807) is 25.3 Å². The first-order valence-electron chi connectivity index (χ1n) is 10.3. The molecule has 0 saturated heterocycles. The molecule has 0 aromatic heterocycles. The number of methoxy groups -OCH3 is 1. The Labute approximate surface area is 191 Å². The van der Waals surface area contributed by atoms with Gasteiger partial charge in [-0.05, 0) is 71.2 Å². The van der Waals surface area contributed by atoms with E-state index in [1.807, 2.05) is 37.3 Å². The fourth-order valence-corrected chi connectivity index (χ4v) is 3.86. The molecule has 3 aromatic carbocycles. The van der Waals surface area contributed by atoms with Crippen molar-refractivity contribution in [2.45, 2.75) is 26.5 Å². The Morgan fingerprint density at radius 2 is 1.68 bits per heavy atom. The Hall–Kier alpha value is -2.57. The zero-order chi connectivity index (χ0) is 22.1. The molecule has 164 valence electrons. The van der Waals surface area contributed by atoms with Gasteiger partial charge in [0, 0.05) is 12.1 Å². The van der Waals surface area contributed by atoms with Gasteiger partial charge >= 0.3 is 0 Å². The second-order valence-electron chi connectivity index (χ2n) is 6.96. The number of ether oxygens (including phenoxy) is 3. The molecule has 3 rings (SSSR count). The van der Waals surface area contributed by atoms with E-state index in [0.717, 1.165) is 28.8 Å². The van der Waals surface area contributed by atoms with E-state index >= 15 is 0 Å². The molecule has 0 aliphatic rings. The number of para-hydroxylation sites is 1. The molecule has 0 spiro atoms. The van der Waals surface area contributed by atoms with Gasteiger partial charge in [-0.1, -0.05) is 36.4 Å². The molecule has 0 aliphatic heterocycles. The lowest BCUT2D eigenvalue weighted by molar-refractivity contribution is 0.264. The molecule has 0 aliphatic carbocycles. The van der Waals surface area contributed by atoms with Gasteiger partial charge in [0.2, 0.25) is 0 Å². The van der Waals surface area contributed by atoms with Crippen LogP contribution in [0, 0.1) is 5.82 Å². The molecule has 3 aromatic rings. The lowest BCUT2D eigenvalue weighted by atomic mass is 10.1. The topological polar surface area (TPSA) is 39.7 Å². The van der Waals surface area contributed by atoms with E-state index < -0.39 is 0 Å². The zero-order valence-electron chi connectivity index (χ0n) is 17.8. The van der Waals surface area contributed by atoms with Crippen LogP contribution >= 0.6 is 15.9 Å². The summed E-state index contributed by atoms with van der Waals surface area (Å²) in [6.07, 6.45) is 0.868. The van der Waals surface area contributed by atoms with E-state index in [1.165, 1.54) is 11.6 Å². The fourth-order valence-electron chi connectivity index (χ4n) is 3.26. The standard InChI is InChI=1S/C25H27BrFNO3/c1-3-30-24-15-18(16-28-13-12-19-8-5-7-11-23(19)29-2)14-21(26)25(24)31-17-20-9-4-6-10-22(20)27/h4-11,14-15,28H,3,12-13,16-17H2,1-2H3. The second-order valence-corrected chi connectivity index (χ2v) is 7.81. The molecule has 0 unspecified atom stereocenters. The van der Waals surface area contributed by atoms with E-state index in [0.29, 0.717) is 30.2 Å². The van der Waals surface area contributed by atoms with Crippen molar-refractivity contribution in [3.63, 3.8) is 0 Å². The van der Waals surface area contributed by atoms with Crippen molar-refractivity contribution in [1.29, 1.82) is 0 Å². The summed E-state index contributed by atoms with van der Waals surface area (Å²) in [5.74, 6) is 1.83. The highest BCUT2D eigenvalue weighted by Gasteiger charge is 2.14. The number of halogens is 2. The number of hydrogen-bond donors (Lipinski definition) is 1. The lowest BCUT2D eigenvalue weighted by Gasteiger charge is -2.16. The minimum atomic E-state index is -0.285. The van der Waals surface area contributed by atoms with Crippen molar-refractivity contribution in [3.05, 3.63) is 87.6 Å². The third-order valence-electron chi connectivity index (χ3n) is 4.79. The van der Waals surface area contributed by atoms with Gasteiger partial charge in [0.05, 0.1) is 18.2 Å². The van der Waals surface area contributed by atoms with Crippen LogP contribution in [0.5, 0.6) is 17.2 Å². The lowest BCUT2D eigenvalue weighted by Crippen LogP contribution is -2.17. The summed E-state index contributed by atoms with van der Waals surface area (Å²) < 4.78 is 31.8. The summed E-state index contributed by atoms with van der Waals surface area (Å²) >= 11 is 3.58. The normalized spacial score (nSPS) is 10.7. The molecule has 31 heavy (non-hydrogen) atoms. The highest BCUT2D eigenvalue weighted by molar-refractivity contribution is 9.10. The van der Waals surface area contributed by atoms with Crippen LogP contribution in [-0.2, 0) is 19.6 Å². The highest BCUT2D eigenvalue weighted by atomic mass is 79.9. The monoisotopic (exact) mass is 487 g/mol. The Kier molecular flexibility index (Phi) is 8.74. The van der Waals surface area contributed by atoms with Crippen molar-refractivity contribution in [1.82, 2.24) is 5.32 Å². The quantitative estimate of drug-likeness (QED) is 0.341. The predicted molar refractivity (Wildman–Crippen MR) is 124 cm³/mol. The molecule has 0 bridgehead atoms. The summed E-state index contributed by atoms with van der Waals surface area (Å²) in [6, 6.07) is 18.6. The van der Waals surface area contributed by atoms with Crippen molar-refractivity contribution in [3.8, 4) is 17.2 Å². The number of rotatable bonds is 11. The molecule has 0 atom stereocenters. The SMILES string of the molecule is CCOc1cc(CNCCc2ccccc2OC)cc(Br)c1OCc1ccccc1F. The summed E-state index contributed by atoms with van der Waals surface area (Å²) in [6.45, 7) is 4.05. The molecule has 0 heterocycles. The Morgan fingerprint density at radius 1 is 0.935 bits per heavy atom. The average Bonchev–Trinajstić information content (AvgIpc) is 2.77. The van der Waals surface area contributed by atoms with Crippen molar-refractivity contribution < 1.29 is 18.6 Å². The van der Waals surface area contributed by atoms with Crippen molar-refractivity contribution in [2.75, 3.05) is 20.3 Å². The van der Waals surface area contributed by atoms with Gasteiger partial charge in [-0.15, -0.1) is 0 Å². The highest BCUT2D eigenvalue weighted by Crippen LogP contribution is 2.37. The molecule has 6 heteroatoms. The fraction of sp³-hybridized carbons (Fsp3) is 0.280. The van der Waals surface area contributed by atoms with Gasteiger partial charge < -0.3 is 19.5 Å². The van der Waals surface area contributed by atoms with Crippen LogP contribution in [0.15, 0.2) is 65.1 Å². The first-order valence-corrected chi connectivity index (χ1v) is 11.1. The van der Waals surface area contributed by atoms with Gasteiger partial charge in [-0.25, -0.2) is 4.39 Å². The molecule has 0 saturated carbocycles. The Balaban J connectivity index is 1.63. The minimum Gasteiger partial charge on any atom is -0.496 e. The number of benzene rings is 3. The number of nitrogens with one attached hydrogen (secondary N) is 1. The first-order chi connectivity index (χ1) is 15.1. The third kappa shape index (κ3) is 6.45. The maximum Gasteiger partial charge on any atom is 0.175 e. The first kappa shape index (κ1) is 23.1. The Bertz CT molecular complexity index is 996.